The highest BCUT2D eigenvalue weighted by atomic mass is 32.2. The van der Waals surface area contributed by atoms with Crippen LogP contribution in [0.2, 0.25) is 0 Å². The molecule has 0 spiro atoms. The number of carbonyl (C=O) groups excluding carboxylic acids is 2. The van der Waals surface area contributed by atoms with Crippen molar-refractivity contribution in [2.75, 3.05) is 18.2 Å². The Balaban J connectivity index is 1.68. The van der Waals surface area contributed by atoms with E-state index in [1.807, 2.05) is 29.6 Å². The lowest BCUT2D eigenvalue weighted by Crippen LogP contribution is -2.11. The predicted octanol–water partition coefficient (Wildman–Crippen LogP) is 4.96. The highest BCUT2D eigenvalue weighted by Gasteiger charge is 2.11. The molecule has 0 fully saturated rings. The number of benzene rings is 2. The summed E-state index contributed by atoms with van der Waals surface area (Å²) in [6.45, 7) is 2.09. The number of hydrogen-bond donors (Lipinski definition) is 1. The van der Waals surface area contributed by atoms with Crippen LogP contribution in [0.25, 0.3) is 11.3 Å². The fraction of sp³-hybridized carbons (Fsp3) is 0.150. The Bertz CT molecular complexity index is 935. The van der Waals surface area contributed by atoms with E-state index in [1.165, 1.54) is 18.4 Å². The zero-order chi connectivity index (χ0) is 19.2. The topological polar surface area (TPSA) is 68.3 Å². The van der Waals surface area contributed by atoms with Crippen LogP contribution in [-0.2, 0) is 4.74 Å². The molecule has 27 heavy (non-hydrogen) atoms. The molecule has 1 heterocycles. The van der Waals surface area contributed by atoms with Crippen molar-refractivity contribution in [1.29, 1.82) is 0 Å². The summed E-state index contributed by atoms with van der Waals surface area (Å²) in [5.74, 6) is 0.426. The molecule has 138 valence electrons. The molecule has 2 aromatic carbocycles. The van der Waals surface area contributed by atoms with Gasteiger partial charge in [-0.25, -0.2) is 9.78 Å². The first-order chi connectivity index (χ1) is 13.1. The number of rotatable bonds is 6. The maximum absolute atomic E-state index is 12.4. The number of carbonyl (C=O) groups is 2. The first-order valence-electron chi connectivity index (χ1n) is 8.29. The smallest absolute Gasteiger partial charge is 0.337 e. The van der Waals surface area contributed by atoms with Crippen LogP contribution in [0.1, 0.15) is 27.6 Å². The van der Waals surface area contributed by atoms with Crippen molar-refractivity contribution in [2.45, 2.75) is 11.8 Å². The lowest BCUT2D eigenvalue weighted by molar-refractivity contribution is 0.0600. The first-order valence-corrected chi connectivity index (χ1v) is 10.2. The standard InChI is InChI=1S/C20H18N2O3S2/c1-3-26-16-10-8-14(9-11-16)18(23)22-20-21-17(12-27-20)13-4-6-15(7-5-13)19(24)25-2/h4-12H,3H2,1-2H3,(H,21,22,23). The molecule has 0 aliphatic carbocycles. The molecule has 0 bridgehead atoms. The Morgan fingerprint density at radius 2 is 1.74 bits per heavy atom. The van der Waals surface area contributed by atoms with Crippen LogP contribution in [0, 0.1) is 0 Å². The van der Waals surface area contributed by atoms with Crippen LogP contribution in [0.5, 0.6) is 0 Å². The second-order valence-electron chi connectivity index (χ2n) is 5.52. The van der Waals surface area contributed by atoms with Gasteiger partial charge in [0.25, 0.3) is 5.91 Å². The first kappa shape index (κ1) is 19.1. The molecule has 0 aliphatic rings. The average Bonchev–Trinajstić information content (AvgIpc) is 3.16. The van der Waals surface area contributed by atoms with Crippen molar-refractivity contribution >= 4 is 40.1 Å². The third-order valence-corrected chi connectivity index (χ3v) is 5.41. The molecule has 7 heteroatoms. The van der Waals surface area contributed by atoms with Crippen LogP contribution in [0.3, 0.4) is 0 Å². The van der Waals surface area contributed by atoms with Gasteiger partial charge in [0, 0.05) is 21.4 Å². The normalized spacial score (nSPS) is 10.4. The summed E-state index contributed by atoms with van der Waals surface area (Å²) in [6, 6.07) is 14.5. The second kappa shape index (κ2) is 8.83. The molecule has 0 aliphatic heterocycles. The van der Waals surface area contributed by atoms with Gasteiger partial charge in [0.1, 0.15) is 0 Å². The van der Waals surface area contributed by atoms with Crippen LogP contribution in [0.4, 0.5) is 5.13 Å². The number of aromatic nitrogens is 1. The Morgan fingerprint density at radius 1 is 1.07 bits per heavy atom. The van der Waals surface area contributed by atoms with E-state index in [2.05, 4.69) is 17.2 Å². The largest absolute Gasteiger partial charge is 0.465 e. The monoisotopic (exact) mass is 398 g/mol. The summed E-state index contributed by atoms with van der Waals surface area (Å²) < 4.78 is 4.69. The number of thioether (sulfide) groups is 1. The molecule has 0 unspecified atom stereocenters. The fourth-order valence-electron chi connectivity index (χ4n) is 2.40. The number of amides is 1. The van der Waals surface area contributed by atoms with E-state index >= 15 is 0 Å². The summed E-state index contributed by atoms with van der Waals surface area (Å²) in [5, 5.41) is 5.22. The van der Waals surface area contributed by atoms with E-state index in [0.717, 1.165) is 21.9 Å². The number of hydrogen-bond acceptors (Lipinski definition) is 6. The van der Waals surface area contributed by atoms with Gasteiger partial charge in [-0.2, -0.15) is 0 Å². The number of methoxy groups -OCH3 is 1. The molecule has 3 rings (SSSR count). The van der Waals surface area contributed by atoms with Gasteiger partial charge in [-0.3, -0.25) is 10.1 Å². The molecule has 5 nitrogen and oxygen atoms in total. The molecule has 1 amide bonds. The Labute approximate surface area is 165 Å². The zero-order valence-electron chi connectivity index (χ0n) is 14.9. The summed E-state index contributed by atoms with van der Waals surface area (Å²) in [5.41, 5.74) is 2.67. The molecule has 3 aromatic rings. The Kier molecular flexibility index (Phi) is 6.26. The third-order valence-electron chi connectivity index (χ3n) is 3.75. The summed E-state index contributed by atoms with van der Waals surface area (Å²) in [6.07, 6.45) is 0. The number of nitrogens with zero attached hydrogens (tertiary/aromatic N) is 1. The molecular weight excluding hydrogens is 380 g/mol. The number of thiazole rings is 1. The van der Waals surface area contributed by atoms with Gasteiger partial charge < -0.3 is 4.74 Å². The molecule has 1 N–H and O–H groups in total. The van der Waals surface area contributed by atoms with Crippen LogP contribution in [0.15, 0.2) is 58.8 Å². The molecule has 0 saturated carbocycles. The van der Waals surface area contributed by atoms with Crippen molar-refractivity contribution in [1.82, 2.24) is 4.98 Å². The van der Waals surface area contributed by atoms with E-state index in [4.69, 9.17) is 4.74 Å². The van der Waals surface area contributed by atoms with Gasteiger partial charge in [0.05, 0.1) is 18.4 Å². The quantitative estimate of drug-likeness (QED) is 0.469. The van der Waals surface area contributed by atoms with E-state index in [9.17, 15) is 9.59 Å². The van der Waals surface area contributed by atoms with E-state index in [-0.39, 0.29) is 11.9 Å². The molecule has 0 atom stereocenters. The van der Waals surface area contributed by atoms with Crippen LogP contribution >= 0.6 is 23.1 Å². The number of ether oxygens (including phenoxy) is 1. The Morgan fingerprint density at radius 3 is 2.37 bits per heavy atom. The molecule has 0 saturated heterocycles. The minimum absolute atomic E-state index is 0.190. The van der Waals surface area contributed by atoms with Gasteiger partial charge in [-0.05, 0) is 42.2 Å². The summed E-state index contributed by atoms with van der Waals surface area (Å²) in [4.78, 5) is 29.5. The highest BCUT2D eigenvalue weighted by molar-refractivity contribution is 7.99. The van der Waals surface area contributed by atoms with E-state index < -0.39 is 0 Å². The van der Waals surface area contributed by atoms with Crippen molar-refractivity contribution in [2.24, 2.45) is 0 Å². The lowest BCUT2D eigenvalue weighted by atomic mass is 10.1. The molecule has 0 radical (unpaired) electrons. The fourth-order valence-corrected chi connectivity index (χ4v) is 3.77. The number of esters is 1. The van der Waals surface area contributed by atoms with Gasteiger partial charge in [0.2, 0.25) is 0 Å². The molecular formula is C20H18N2O3S2. The van der Waals surface area contributed by atoms with Crippen molar-refractivity contribution in [3.05, 3.63) is 65.0 Å². The predicted molar refractivity (Wildman–Crippen MR) is 110 cm³/mol. The SMILES string of the molecule is CCSc1ccc(C(=O)Nc2nc(-c3ccc(C(=O)OC)cc3)cs2)cc1. The van der Waals surface area contributed by atoms with Crippen LogP contribution in [-0.4, -0.2) is 29.7 Å². The van der Waals surface area contributed by atoms with Crippen molar-refractivity contribution in [3.8, 4) is 11.3 Å². The van der Waals surface area contributed by atoms with Crippen molar-refractivity contribution < 1.29 is 14.3 Å². The minimum atomic E-state index is -0.379. The highest BCUT2D eigenvalue weighted by Crippen LogP contribution is 2.26. The van der Waals surface area contributed by atoms with Gasteiger partial charge >= 0.3 is 5.97 Å². The maximum atomic E-state index is 12.4. The zero-order valence-corrected chi connectivity index (χ0v) is 16.5. The average molecular weight is 399 g/mol. The van der Waals surface area contributed by atoms with Gasteiger partial charge in [-0.15, -0.1) is 23.1 Å². The lowest BCUT2D eigenvalue weighted by Gasteiger charge is -2.03. The number of anilines is 1. The number of nitrogens with one attached hydrogen (secondary N) is 1. The summed E-state index contributed by atoms with van der Waals surface area (Å²) >= 11 is 3.09. The van der Waals surface area contributed by atoms with E-state index in [1.54, 1.807) is 36.0 Å². The van der Waals surface area contributed by atoms with Gasteiger partial charge in [0.15, 0.2) is 5.13 Å². The Hall–Kier alpha value is -2.64. The van der Waals surface area contributed by atoms with E-state index in [0.29, 0.717) is 16.3 Å². The van der Waals surface area contributed by atoms with Gasteiger partial charge in [-0.1, -0.05) is 19.1 Å². The minimum Gasteiger partial charge on any atom is -0.465 e. The second-order valence-corrected chi connectivity index (χ2v) is 7.71. The third kappa shape index (κ3) is 4.75. The summed E-state index contributed by atoms with van der Waals surface area (Å²) in [7, 11) is 1.35. The van der Waals surface area contributed by atoms with Crippen molar-refractivity contribution in [3.63, 3.8) is 0 Å². The van der Waals surface area contributed by atoms with Crippen LogP contribution < -0.4 is 5.32 Å². The maximum Gasteiger partial charge on any atom is 0.337 e. The molecule has 1 aromatic heterocycles.